The van der Waals surface area contributed by atoms with Gasteiger partial charge in [-0.1, -0.05) is 12.1 Å². The molecular formula is C16H17N3OS. The predicted molar refractivity (Wildman–Crippen MR) is 84.4 cm³/mol. The number of rotatable bonds is 5. The van der Waals surface area contributed by atoms with Crippen molar-refractivity contribution < 1.29 is 4.79 Å². The van der Waals surface area contributed by atoms with E-state index in [9.17, 15) is 4.79 Å². The Kier molecular flexibility index (Phi) is 4.01. The molecule has 0 aliphatic heterocycles. The number of hydrogen-bond acceptors (Lipinski definition) is 3. The lowest BCUT2D eigenvalue weighted by Gasteiger charge is -2.02. The molecule has 3 aromatic heterocycles. The van der Waals surface area contributed by atoms with Crippen molar-refractivity contribution in [3.8, 4) is 0 Å². The fourth-order valence-corrected chi connectivity index (χ4v) is 2.97. The Labute approximate surface area is 127 Å². The molecule has 0 unspecified atom stereocenters. The zero-order chi connectivity index (χ0) is 14.7. The Morgan fingerprint density at radius 2 is 2.29 bits per heavy atom. The van der Waals surface area contributed by atoms with Gasteiger partial charge in [0.05, 0.1) is 12.2 Å². The van der Waals surface area contributed by atoms with Crippen molar-refractivity contribution in [1.82, 2.24) is 14.7 Å². The van der Waals surface area contributed by atoms with E-state index < -0.39 is 0 Å². The minimum Gasteiger partial charge on any atom is -0.350 e. The first-order valence-electron chi connectivity index (χ1n) is 6.94. The second-order valence-electron chi connectivity index (χ2n) is 5.01. The molecule has 4 nitrogen and oxygen atoms in total. The smallest absolute Gasteiger partial charge is 0.220 e. The molecule has 3 heterocycles. The highest BCUT2D eigenvalue weighted by Gasteiger charge is 2.06. The Bertz CT molecular complexity index is 746. The average molecular weight is 299 g/mol. The van der Waals surface area contributed by atoms with Gasteiger partial charge in [0.1, 0.15) is 5.65 Å². The molecular weight excluding hydrogens is 282 g/mol. The van der Waals surface area contributed by atoms with Crippen molar-refractivity contribution in [3.63, 3.8) is 0 Å². The molecule has 0 fully saturated rings. The van der Waals surface area contributed by atoms with Gasteiger partial charge in [-0.15, -0.1) is 11.3 Å². The lowest BCUT2D eigenvalue weighted by molar-refractivity contribution is -0.121. The molecule has 0 spiro atoms. The highest BCUT2D eigenvalue weighted by molar-refractivity contribution is 7.09. The number of aromatic nitrogens is 2. The number of nitrogens with zero attached hydrogens (tertiary/aromatic N) is 2. The van der Waals surface area contributed by atoms with E-state index in [0.29, 0.717) is 13.0 Å². The summed E-state index contributed by atoms with van der Waals surface area (Å²) in [6.45, 7) is 2.51. The fourth-order valence-electron chi connectivity index (χ4n) is 2.26. The lowest BCUT2D eigenvalue weighted by atomic mass is 10.2. The van der Waals surface area contributed by atoms with E-state index in [4.69, 9.17) is 0 Å². The van der Waals surface area contributed by atoms with Gasteiger partial charge in [-0.25, -0.2) is 4.98 Å². The number of hydrogen-bond donors (Lipinski definition) is 1. The van der Waals surface area contributed by atoms with Crippen LogP contribution >= 0.6 is 11.3 Å². The molecule has 0 atom stereocenters. The van der Waals surface area contributed by atoms with E-state index in [0.717, 1.165) is 23.3 Å². The van der Waals surface area contributed by atoms with Crippen LogP contribution in [0.3, 0.4) is 0 Å². The highest BCUT2D eigenvalue weighted by atomic mass is 32.1. The zero-order valence-corrected chi connectivity index (χ0v) is 12.7. The van der Waals surface area contributed by atoms with Gasteiger partial charge in [0.2, 0.25) is 5.91 Å². The van der Waals surface area contributed by atoms with Crippen LogP contribution in [0.4, 0.5) is 0 Å². The van der Waals surface area contributed by atoms with Crippen molar-refractivity contribution in [1.29, 1.82) is 0 Å². The first-order chi connectivity index (χ1) is 10.2. The molecule has 0 saturated carbocycles. The zero-order valence-electron chi connectivity index (χ0n) is 11.9. The number of aryl methyl sites for hydroxylation is 2. The quantitative estimate of drug-likeness (QED) is 0.787. The summed E-state index contributed by atoms with van der Waals surface area (Å²) < 4.78 is 1.99. The summed E-state index contributed by atoms with van der Waals surface area (Å²) in [6, 6.07) is 8.10. The van der Waals surface area contributed by atoms with E-state index in [-0.39, 0.29) is 5.91 Å². The molecule has 108 valence electrons. The number of thiophene rings is 1. The Hall–Kier alpha value is -2.14. The van der Waals surface area contributed by atoms with E-state index in [1.54, 1.807) is 11.3 Å². The van der Waals surface area contributed by atoms with Crippen LogP contribution in [0.1, 0.15) is 22.6 Å². The van der Waals surface area contributed by atoms with Crippen LogP contribution in [0.25, 0.3) is 5.65 Å². The standard InChI is InChI=1S/C16H17N3OS/c1-12-4-2-8-19-11-13(18-16(12)19)10-17-15(20)7-6-14-5-3-9-21-14/h2-5,8-9,11H,6-7,10H2,1H3,(H,17,20). The number of carbonyl (C=O) groups excluding carboxylic acids is 1. The normalized spacial score (nSPS) is 10.9. The van der Waals surface area contributed by atoms with Gasteiger partial charge in [-0.3, -0.25) is 4.79 Å². The Balaban J connectivity index is 1.56. The maximum Gasteiger partial charge on any atom is 0.220 e. The minimum atomic E-state index is 0.0668. The second kappa shape index (κ2) is 6.10. The molecule has 5 heteroatoms. The molecule has 21 heavy (non-hydrogen) atoms. The largest absolute Gasteiger partial charge is 0.350 e. The van der Waals surface area contributed by atoms with Crippen LogP contribution in [0, 0.1) is 6.92 Å². The van der Waals surface area contributed by atoms with Gasteiger partial charge < -0.3 is 9.72 Å². The number of nitrogens with one attached hydrogen (secondary N) is 1. The maximum atomic E-state index is 11.9. The molecule has 0 saturated heterocycles. The van der Waals surface area contributed by atoms with E-state index in [2.05, 4.69) is 16.4 Å². The molecule has 3 rings (SSSR count). The average Bonchev–Trinajstić information content (AvgIpc) is 3.12. The van der Waals surface area contributed by atoms with Crippen molar-refractivity contribution in [3.05, 3.63) is 58.2 Å². The van der Waals surface area contributed by atoms with Crippen LogP contribution in [-0.4, -0.2) is 15.3 Å². The van der Waals surface area contributed by atoms with Crippen LogP contribution in [0.2, 0.25) is 0 Å². The molecule has 0 aromatic carbocycles. The van der Waals surface area contributed by atoms with Gasteiger partial charge in [0.15, 0.2) is 0 Å². The number of fused-ring (bicyclic) bond motifs is 1. The van der Waals surface area contributed by atoms with Crippen LogP contribution in [0.15, 0.2) is 42.0 Å². The SMILES string of the molecule is Cc1cccn2cc(CNC(=O)CCc3cccs3)nc12. The predicted octanol–water partition coefficient (Wildman–Crippen LogP) is 2.95. The van der Waals surface area contributed by atoms with Crippen LogP contribution in [0.5, 0.6) is 0 Å². The van der Waals surface area contributed by atoms with Gasteiger partial charge in [-0.05, 0) is 36.4 Å². The van der Waals surface area contributed by atoms with Gasteiger partial charge in [-0.2, -0.15) is 0 Å². The number of imidazole rings is 1. The molecule has 0 radical (unpaired) electrons. The highest BCUT2D eigenvalue weighted by Crippen LogP contribution is 2.11. The molecule has 0 aliphatic carbocycles. The summed E-state index contributed by atoms with van der Waals surface area (Å²) in [5.74, 6) is 0.0668. The summed E-state index contributed by atoms with van der Waals surface area (Å²) >= 11 is 1.69. The van der Waals surface area contributed by atoms with Crippen molar-refractivity contribution >= 4 is 22.9 Å². The number of pyridine rings is 1. The maximum absolute atomic E-state index is 11.9. The molecule has 0 aliphatic rings. The molecule has 0 bridgehead atoms. The van der Waals surface area contributed by atoms with Crippen LogP contribution in [-0.2, 0) is 17.8 Å². The van der Waals surface area contributed by atoms with Gasteiger partial charge >= 0.3 is 0 Å². The summed E-state index contributed by atoms with van der Waals surface area (Å²) in [6.07, 6.45) is 5.25. The first-order valence-corrected chi connectivity index (χ1v) is 7.82. The monoisotopic (exact) mass is 299 g/mol. The Morgan fingerprint density at radius 1 is 1.38 bits per heavy atom. The summed E-state index contributed by atoms with van der Waals surface area (Å²) in [5.41, 5.74) is 2.96. The molecule has 3 aromatic rings. The summed E-state index contributed by atoms with van der Waals surface area (Å²) in [5, 5.41) is 4.97. The molecule has 1 amide bonds. The van der Waals surface area contributed by atoms with Crippen molar-refractivity contribution in [2.24, 2.45) is 0 Å². The van der Waals surface area contributed by atoms with Crippen molar-refractivity contribution in [2.75, 3.05) is 0 Å². The third-order valence-electron chi connectivity index (χ3n) is 3.37. The third kappa shape index (κ3) is 3.31. The Morgan fingerprint density at radius 3 is 3.05 bits per heavy atom. The number of amides is 1. The van der Waals surface area contributed by atoms with Gasteiger partial charge in [0, 0.05) is 23.7 Å². The van der Waals surface area contributed by atoms with E-state index in [1.807, 2.05) is 47.3 Å². The van der Waals surface area contributed by atoms with Crippen molar-refractivity contribution in [2.45, 2.75) is 26.3 Å². The number of carbonyl (C=O) groups is 1. The first kappa shape index (κ1) is 13.8. The second-order valence-corrected chi connectivity index (χ2v) is 6.04. The topological polar surface area (TPSA) is 46.4 Å². The fraction of sp³-hybridized carbons (Fsp3) is 0.250. The summed E-state index contributed by atoms with van der Waals surface area (Å²) in [4.78, 5) is 17.6. The molecule has 1 N–H and O–H groups in total. The van der Waals surface area contributed by atoms with Gasteiger partial charge in [0.25, 0.3) is 0 Å². The van der Waals surface area contributed by atoms with Crippen LogP contribution < -0.4 is 5.32 Å². The van der Waals surface area contributed by atoms with E-state index >= 15 is 0 Å². The lowest BCUT2D eigenvalue weighted by Crippen LogP contribution is -2.23. The minimum absolute atomic E-state index is 0.0668. The summed E-state index contributed by atoms with van der Waals surface area (Å²) in [7, 11) is 0. The third-order valence-corrected chi connectivity index (χ3v) is 4.31. The van der Waals surface area contributed by atoms with E-state index in [1.165, 1.54) is 4.88 Å².